The van der Waals surface area contributed by atoms with Gasteiger partial charge in [0.25, 0.3) is 5.91 Å². The van der Waals surface area contributed by atoms with E-state index in [1.54, 1.807) is 21.9 Å². The number of alkyl halides is 3. The highest BCUT2D eigenvalue weighted by Crippen LogP contribution is 2.31. The van der Waals surface area contributed by atoms with Crippen LogP contribution in [0.1, 0.15) is 5.82 Å². The number of imidazole rings is 1. The van der Waals surface area contributed by atoms with Gasteiger partial charge in [-0.25, -0.2) is 15.0 Å². The Hall–Kier alpha value is -2.89. The van der Waals surface area contributed by atoms with Crippen LogP contribution in [0.5, 0.6) is 5.75 Å². The summed E-state index contributed by atoms with van der Waals surface area (Å²) in [4.78, 5) is 29.5. The molecule has 1 amide bonds. The van der Waals surface area contributed by atoms with E-state index in [2.05, 4.69) is 35.9 Å². The van der Waals surface area contributed by atoms with E-state index in [-0.39, 0.29) is 24.0 Å². The number of aromatic nitrogens is 4. The van der Waals surface area contributed by atoms with Crippen molar-refractivity contribution in [2.24, 2.45) is 0 Å². The summed E-state index contributed by atoms with van der Waals surface area (Å²) in [7, 11) is 0. The second kappa shape index (κ2) is 8.09. The van der Waals surface area contributed by atoms with Crippen LogP contribution >= 0.6 is 15.9 Å². The van der Waals surface area contributed by atoms with Gasteiger partial charge >= 0.3 is 6.18 Å². The highest BCUT2D eigenvalue weighted by atomic mass is 79.9. The molecule has 158 valence electrons. The summed E-state index contributed by atoms with van der Waals surface area (Å²) in [6.07, 6.45) is -3.40. The van der Waals surface area contributed by atoms with Crippen molar-refractivity contribution in [2.75, 3.05) is 37.7 Å². The second-order valence-electron chi connectivity index (χ2n) is 6.58. The van der Waals surface area contributed by atoms with Gasteiger partial charge in [0.1, 0.15) is 11.3 Å². The van der Waals surface area contributed by atoms with Crippen LogP contribution in [-0.2, 0) is 11.0 Å². The summed E-state index contributed by atoms with van der Waals surface area (Å²) in [6, 6.07) is 7.12. The van der Waals surface area contributed by atoms with Crippen LogP contribution in [-0.4, -0.2) is 63.5 Å². The molecule has 0 spiro atoms. The fraction of sp³-hybridized carbons (Fsp3) is 0.333. The summed E-state index contributed by atoms with van der Waals surface area (Å²) >= 11 is 3.33. The van der Waals surface area contributed by atoms with Crippen LogP contribution in [0, 0.1) is 0 Å². The van der Waals surface area contributed by atoms with Gasteiger partial charge in [-0.15, -0.1) is 0 Å². The van der Waals surface area contributed by atoms with Crippen molar-refractivity contribution in [2.45, 2.75) is 6.18 Å². The van der Waals surface area contributed by atoms with Crippen molar-refractivity contribution in [3.63, 3.8) is 0 Å². The average molecular weight is 485 g/mol. The first-order valence-electron chi connectivity index (χ1n) is 9.00. The number of halogens is 4. The first kappa shape index (κ1) is 20.4. The van der Waals surface area contributed by atoms with Gasteiger partial charge in [-0.3, -0.25) is 4.79 Å². The number of amides is 1. The van der Waals surface area contributed by atoms with Gasteiger partial charge in [0, 0.05) is 30.7 Å². The number of aromatic amines is 1. The van der Waals surface area contributed by atoms with Crippen molar-refractivity contribution >= 4 is 38.8 Å². The Morgan fingerprint density at radius 2 is 1.83 bits per heavy atom. The minimum Gasteiger partial charge on any atom is -0.484 e. The highest BCUT2D eigenvalue weighted by Gasteiger charge is 2.37. The van der Waals surface area contributed by atoms with Crippen molar-refractivity contribution < 1.29 is 22.7 Å². The fourth-order valence-electron chi connectivity index (χ4n) is 3.11. The monoisotopic (exact) mass is 484 g/mol. The normalized spacial score (nSPS) is 14.9. The molecule has 0 atom stereocenters. The number of hydrogen-bond donors (Lipinski definition) is 1. The molecule has 4 rings (SSSR count). The van der Waals surface area contributed by atoms with Crippen LogP contribution in [0.4, 0.5) is 19.0 Å². The fourth-order valence-corrected chi connectivity index (χ4v) is 3.37. The molecule has 3 heterocycles. The van der Waals surface area contributed by atoms with E-state index in [9.17, 15) is 18.0 Å². The molecule has 3 aromatic rings. The molecule has 1 N–H and O–H groups in total. The first-order valence-corrected chi connectivity index (χ1v) is 9.80. The first-order chi connectivity index (χ1) is 14.3. The number of fused-ring (bicyclic) bond motifs is 1. The van der Waals surface area contributed by atoms with E-state index < -0.39 is 12.0 Å². The van der Waals surface area contributed by atoms with E-state index in [1.165, 1.54) is 6.33 Å². The minimum absolute atomic E-state index is 0.0475. The zero-order valence-corrected chi connectivity index (χ0v) is 17.1. The maximum Gasteiger partial charge on any atom is 0.451 e. The number of H-pyrrole nitrogens is 1. The average Bonchev–Trinajstić information content (AvgIpc) is 3.21. The van der Waals surface area contributed by atoms with Crippen LogP contribution in [0.25, 0.3) is 11.2 Å². The Kier molecular flexibility index (Phi) is 5.50. The van der Waals surface area contributed by atoms with Gasteiger partial charge in [0.05, 0.1) is 6.33 Å². The van der Waals surface area contributed by atoms with Gasteiger partial charge in [-0.2, -0.15) is 13.2 Å². The Labute approximate surface area is 177 Å². The molecular formula is C18H16BrF3N6O2. The number of rotatable bonds is 4. The van der Waals surface area contributed by atoms with Gasteiger partial charge < -0.3 is 19.5 Å². The number of nitrogens with zero attached hydrogens (tertiary/aromatic N) is 5. The number of piperazine rings is 1. The van der Waals surface area contributed by atoms with E-state index in [4.69, 9.17) is 4.74 Å². The zero-order valence-electron chi connectivity index (χ0n) is 15.5. The van der Waals surface area contributed by atoms with Crippen LogP contribution in [0.3, 0.4) is 0 Å². The molecular weight excluding hydrogens is 469 g/mol. The number of ether oxygens (including phenoxy) is 1. The lowest BCUT2D eigenvalue weighted by atomic mass is 10.3. The zero-order chi connectivity index (χ0) is 21.3. The largest absolute Gasteiger partial charge is 0.484 e. The standard InChI is InChI=1S/C18H16BrF3N6O2/c19-11-1-3-12(4-2-11)30-9-13(29)27-5-7-28(8-6-27)16-14-15(24-10-23-14)25-17(26-16)18(20,21)22/h1-4,10H,5-9H2,(H,23,24,25,26). The number of anilines is 1. The van der Waals surface area contributed by atoms with Gasteiger partial charge in [-0.05, 0) is 24.3 Å². The summed E-state index contributed by atoms with van der Waals surface area (Å²) < 4.78 is 45.8. The summed E-state index contributed by atoms with van der Waals surface area (Å²) in [5, 5.41) is 0. The predicted molar refractivity (Wildman–Crippen MR) is 105 cm³/mol. The molecule has 0 aliphatic carbocycles. The quantitative estimate of drug-likeness (QED) is 0.612. The van der Waals surface area contributed by atoms with Crippen molar-refractivity contribution in [1.29, 1.82) is 0 Å². The summed E-state index contributed by atoms with van der Waals surface area (Å²) in [5.74, 6) is -0.725. The third kappa shape index (κ3) is 4.32. The van der Waals surface area contributed by atoms with E-state index in [0.717, 1.165) is 4.47 Å². The number of carbonyl (C=O) groups is 1. The summed E-state index contributed by atoms with van der Waals surface area (Å²) in [6.45, 7) is 1.21. The molecule has 0 saturated carbocycles. The molecule has 8 nitrogen and oxygen atoms in total. The maximum absolute atomic E-state index is 13.1. The number of hydrogen-bond acceptors (Lipinski definition) is 6. The van der Waals surface area contributed by atoms with Crippen molar-refractivity contribution in [3.05, 3.63) is 40.9 Å². The maximum atomic E-state index is 13.1. The van der Waals surface area contributed by atoms with Crippen molar-refractivity contribution in [3.8, 4) is 5.75 Å². The predicted octanol–water partition coefficient (Wildman–Crippen LogP) is 2.86. The molecule has 30 heavy (non-hydrogen) atoms. The van der Waals surface area contributed by atoms with Gasteiger partial charge in [0.2, 0.25) is 5.82 Å². The number of nitrogens with one attached hydrogen (secondary N) is 1. The Morgan fingerprint density at radius 3 is 2.50 bits per heavy atom. The summed E-state index contributed by atoms with van der Waals surface area (Å²) in [5.41, 5.74) is 0.287. The molecule has 1 saturated heterocycles. The Bertz CT molecular complexity index is 1050. The van der Waals surface area contributed by atoms with Crippen LogP contribution < -0.4 is 9.64 Å². The number of benzene rings is 1. The number of carbonyl (C=O) groups excluding carboxylic acids is 1. The molecule has 1 aromatic carbocycles. The molecule has 0 unspecified atom stereocenters. The van der Waals surface area contributed by atoms with Crippen LogP contribution in [0.2, 0.25) is 0 Å². The highest BCUT2D eigenvalue weighted by molar-refractivity contribution is 9.10. The lowest BCUT2D eigenvalue weighted by Crippen LogP contribution is -2.50. The Balaban J connectivity index is 1.41. The van der Waals surface area contributed by atoms with E-state index in [0.29, 0.717) is 37.4 Å². The third-order valence-corrected chi connectivity index (χ3v) is 5.16. The molecule has 1 aliphatic rings. The molecule has 0 radical (unpaired) electrons. The lowest BCUT2D eigenvalue weighted by Gasteiger charge is -2.35. The van der Waals surface area contributed by atoms with Gasteiger partial charge in [0.15, 0.2) is 18.1 Å². The molecule has 1 aliphatic heterocycles. The molecule has 1 fully saturated rings. The van der Waals surface area contributed by atoms with Gasteiger partial charge in [-0.1, -0.05) is 15.9 Å². The smallest absolute Gasteiger partial charge is 0.451 e. The molecule has 12 heteroatoms. The topological polar surface area (TPSA) is 87.2 Å². The SMILES string of the molecule is O=C(COc1ccc(Br)cc1)N1CCN(c2nc(C(F)(F)F)nc3nc[nH]c23)CC1. The molecule has 0 bridgehead atoms. The third-order valence-electron chi connectivity index (χ3n) is 4.63. The molecule has 2 aromatic heterocycles. The van der Waals surface area contributed by atoms with Crippen molar-refractivity contribution in [1.82, 2.24) is 24.8 Å². The Morgan fingerprint density at radius 1 is 1.13 bits per heavy atom. The minimum atomic E-state index is -4.68. The van der Waals surface area contributed by atoms with E-state index in [1.807, 2.05) is 12.1 Å². The van der Waals surface area contributed by atoms with E-state index >= 15 is 0 Å². The lowest BCUT2D eigenvalue weighted by molar-refractivity contribution is -0.144. The second-order valence-corrected chi connectivity index (χ2v) is 7.50. The van der Waals surface area contributed by atoms with Crippen LogP contribution in [0.15, 0.2) is 35.1 Å².